The number of nitrogens with zero attached hydrogens (tertiary/aromatic N) is 3. The van der Waals surface area contributed by atoms with Gasteiger partial charge in [0.1, 0.15) is 0 Å². The first-order valence-corrected chi connectivity index (χ1v) is 7.73. The fourth-order valence-corrected chi connectivity index (χ4v) is 2.48. The molecule has 6 nitrogen and oxygen atoms in total. The first-order chi connectivity index (χ1) is 11.6. The number of anilines is 1. The van der Waals surface area contributed by atoms with E-state index in [-0.39, 0.29) is 6.03 Å². The van der Waals surface area contributed by atoms with Gasteiger partial charge in [0.2, 0.25) is 0 Å². The molecule has 0 bridgehead atoms. The molecule has 0 aliphatic carbocycles. The number of hydrogen-bond acceptors (Lipinski definition) is 3. The van der Waals surface area contributed by atoms with Gasteiger partial charge in [0.05, 0.1) is 16.4 Å². The number of aromatic nitrogens is 3. The van der Waals surface area contributed by atoms with Gasteiger partial charge in [-0.3, -0.25) is 9.67 Å². The number of amides is 2. The summed E-state index contributed by atoms with van der Waals surface area (Å²) in [5.41, 5.74) is 3.37. The van der Waals surface area contributed by atoms with Crippen LogP contribution in [-0.2, 0) is 13.6 Å². The summed E-state index contributed by atoms with van der Waals surface area (Å²) in [7, 11) is 1.87. The van der Waals surface area contributed by atoms with Gasteiger partial charge in [-0.05, 0) is 29.8 Å². The zero-order valence-electron chi connectivity index (χ0n) is 13.0. The van der Waals surface area contributed by atoms with E-state index in [1.807, 2.05) is 25.2 Å². The SMILES string of the molecule is Cn1nccc1-c1cncc(CNC(=O)Nc2ccccc2Cl)c1. The molecule has 0 unspecified atom stereocenters. The van der Waals surface area contributed by atoms with E-state index < -0.39 is 0 Å². The molecule has 2 aromatic heterocycles. The highest BCUT2D eigenvalue weighted by Gasteiger charge is 2.07. The second-order valence-corrected chi connectivity index (χ2v) is 5.62. The summed E-state index contributed by atoms with van der Waals surface area (Å²) in [6, 6.07) is 10.6. The number of halogens is 1. The molecule has 0 spiro atoms. The quantitative estimate of drug-likeness (QED) is 0.763. The molecule has 1 aromatic carbocycles. The zero-order chi connectivity index (χ0) is 16.9. The van der Waals surface area contributed by atoms with Crippen LogP contribution in [0.15, 0.2) is 55.0 Å². The summed E-state index contributed by atoms with van der Waals surface area (Å²) in [5.74, 6) is 0. The van der Waals surface area contributed by atoms with E-state index in [0.29, 0.717) is 17.3 Å². The molecule has 2 heterocycles. The van der Waals surface area contributed by atoms with Gasteiger partial charge >= 0.3 is 6.03 Å². The summed E-state index contributed by atoms with van der Waals surface area (Å²) < 4.78 is 1.78. The normalized spacial score (nSPS) is 10.4. The van der Waals surface area contributed by atoms with Crippen molar-refractivity contribution in [3.63, 3.8) is 0 Å². The summed E-state index contributed by atoms with van der Waals surface area (Å²) >= 11 is 6.02. The highest BCUT2D eigenvalue weighted by molar-refractivity contribution is 6.33. The molecule has 122 valence electrons. The summed E-state index contributed by atoms with van der Waals surface area (Å²) in [5, 5.41) is 10.1. The van der Waals surface area contributed by atoms with E-state index in [4.69, 9.17) is 11.6 Å². The van der Waals surface area contributed by atoms with Crippen LogP contribution in [0.2, 0.25) is 5.02 Å². The molecule has 0 saturated heterocycles. The third-order valence-corrected chi connectivity index (χ3v) is 3.82. The number of carbonyl (C=O) groups is 1. The third kappa shape index (κ3) is 3.72. The Kier molecular flexibility index (Phi) is 4.77. The summed E-state index contributed by atoms with van der Waals surface area (Å²) in [6.07, 6.45) is 5.22. The minimum atomic E-state index is -0.325. The maximum Gasteiger partial charge on any atom is 0.319 e. The number of rotatable bonds is 4. The first kappa shape index (κ1) is 16.0. The van der Waals surface area contributed by atoms with Crippen LogP contribution in [0.1, 0.15) is 5.56 Å². The Bertz CT molecular complexity index is 861. The second-order valence-electron chi connectivity index (χ2n) is 5.21. The lowest BCUT2D eigenvalue weighted by molar-refractivity contribution is 0.251. The largest absolute Gasteiger partial charge is 0.334 e. The van der Waals surface area contributed by atoms with Crippen LogP contribution in [0, 0.1) is 0 Å². The molecular weight excluding hydrogens is 326 g/mol. The lowest BCUT2D eigenvalue weighted by atomic mass is 10.1. The maximum atomic E-state index is 12.0. The van der Waals surface area contributed by atoms with Crippen LogP contribution in [-0.4, -0.2) is 20.8 Å². The molecule has 0 fully saturated rings. The van der Waals surface area contributed by atoms with Crippen LogP contribution >= 0.6 is 11.6 Å². The molecule has 0 radical (unpaired) electrons. The van der Waals surface area contributed by atoms with Crippen LogP contribution in [0.25, 0.3) is 11.3 Å². The fraction of sp³-hybridized carbons (Fsp3) is 0.118. The predicted molar refractivity (Wildman–Crippen MR) is 93.7 cm³/mol. The highest BCUT2D eigenvalue weighted by Crippen LogP contribution is 2.20. The molecule has 2 amide bonds. The molecule has 3 aromatic rings. The monoisotopic (exact) mass is 341 g/mol. The highest BCUT2D eigenvalue weighted by atomic mass is 35.5. The van der Waals surface area contributed by atoms with E-state index in [1.165, 1.54) is 0 Å². The van der Waals surface area contributed by atoms with Crippen molar-refractivity contribution in [2.75, 3.05) is 5.32 Å². The van der Waals surface area contributed by atoms with Crippen LogP contribution < -0.4 is 10.6 Å². The Hall–Kier alpha value is -2.86. The number of urea groups is 1. The molecule has 0 atom stereocenters. The van der Waals surface area contributed by atoms with E-state index in [1.54, 1.807) is 41.5 Å². The van der Waals surface area contributed by atoms with Crippen molar-refractivity contribution in [1.29, 1.82) is 0 Å². The van der Waals surface area contributed by atoms with Gasteiger partial charge in [0.15, 0.2) is 0 Å². The van der Waals surface area contributed by atoms with E-state index >= 15 is 0 Å². The number of benzene rings is 1. The fourth-order valence-electron chi connectivity index (χ4n) is 2.29. The molecule has 0 aliphatic heterocycles. The smallest absolute Gasteiger partial charge is 0.319 e. The molecule has 0 saturated carbocycles. The third-order valence-electron chi connectivity index (χ3n) is 3.49. The molecule has 3 rings (SSSR count). The van der Waals surface area contributed by atoms with Gasteiger partial charge in [0, 0.05) is 37.7 Å². The second kappa shape index (κ2) is 7.14. The van der Waals surface area contributed by atoms with Crippen LogP contribution in [0.3, 0.4) is 0 Å². The van der Waals surface area contributed by atoms with Crippen molar-refractivity contribution >= 4 is 23.3 Å². The minimum Gasteiger partial charge on any atom is -0.334 e. The Morgan fingerprint density at radius 2 is 2.08 bits per heavy atom. The lowest BCUT2D eigenvalue weighted by Gasteiger charge is -2.09. The van der Waals surface area contributed by atoms with Crippen molar-refractivity contribution < 1.29 is 4.79 Å². The van der Waals surface area contributed by atoms with Gasteiger partial charge in [-0.1, -0.05) is 23.7 Å². The van der Waals surface area contributed by atoms with Gasteiger partial charge < -0.3 is 10.6 Å². The van der Waals surface area contributed by atoms with Gasteiger partial charge in [0.25, 0.3) is 0 Å². The number of aryl methyl sites for hydroxylation is 1. The van der Waals surface area contributed by atoms with Crippen molar-refractivity contribution in [2.24, 2.45) is 7.05 Å². The first-order valence-electron chi connectivity index (χ1n) is 7.35. The van der Waals surface area contributed by atoms with E-state index in [2.05, 4.69) is 20.7 Å². The zero-order valence-corrected chi connectivity index (χ0v) is 13.8. The Labute approximate surface area is 144 Å². The Morgan fingerprint density at radius 1 is 1.25 bits per heavy atom. The summed E-state index contributed by atoms with van der Waals surface area (Å²) in [4.78, 5) is 16.2. The number of pyridine rings is 1. The Balaban J connectivity index is 1.64. The van der Waals surface area contributed by atoms with Crippen molar-refractivity contribution in [2.45, 2.75) is 6.54 Å². The number of nitrogens with one attached hydrogen (secondary N) is 2. The molecule has 24 heavy (non-hydrogen) atoms. The average molecular weight is 342 g/mol. The molecule has 2 N–H and O–H groups in total. The summed E-state index contributed by atoms with van der Waals surface area (Å²) in [6.45, 7) is 0.356. The number of para-hydroxylation sites is 1. The number of carbonyl (C=O) groups excluding carboxylic acids is 1. The predicted octanol–water partition coefficient (Wildman–Crippen LogP) is 3.46. The molecule has 7 heteroatoms. The van der Waals surface area contributed by atoms with Gasteiger partial charge in [-0.25, -0.2) is 4.79 Å². The van der Waals surface area contributed by atoms with Crippen molar-refractivity contribution in [3.05, 3.63) is 65.6 Å². The average Bonchev–Trinajstić information content (AvgIpc) is 3.01. The molecule has 0 aliphatic rings. The Morgan fingerprint density at radius 3 is 2.83 bits per heavy atom. The standard InChI is InChI=1S/C17H16ClN5O/c1-23-16(6-7-21-23)13-8-12(9-19-11-13)10-20-17(24)22-15-5-3-2-4-14(15)18/h2-9,11H,10H2,1H3,(H2,20,22,24). The van der Waals surface area contributed by atoms with E-state index in [0.717, 1.165) is 16.8 Å². The lowest BCUT2D eigenvalue weighted by Crippen LogP contribution is -2.28. The van der Waals surface area contributed by atoms with Crippen LogP contribution in [0.5, 0.6) is 0 Å². The van der Waals surface area contributed by atoms with Crippen LogP contribution in [0.4, 0.5) is 10.5 Å². The minimum absolute atomic E-state index is 0.325. The number of hydrogen-bond donors (Lipinski definition) is 2. The molecular formula is C17H16ClN5O. The van der Waals surface area contributed by atoms with Crippen molar-refractivity contribution in [1.82, 2.24) is 20.1 Å². The van der Waals surface area contributed by atoms with Crippen molar-refractivity contribution in [3.8, 4) is 11.3 Å². The van der Waals surface area contributed by atoms with E-state index in [9.17, 15) is 4.79 Å². The maximum absolute atomic E-state index is 12.0. The van der Waals surface area contributed by atoms with Gasteiger partial charge in [-0.15, -0.1) is 0 Å². The van der Waals surface area contributed by atoms with Gasteiger partial charge in [-0.2, -0.15) is 5.10 Å². The topological polar surface area (TPSA) is 71.8 Å².